The zero-order valence-electron chi connectivity index (χ0n) is 12.6. The first-order valence-corrected chi connectivity index (χ1v) is 7.20. The Morgan fingerprint density at radius 3 is 2.58 bits per heavy atom. The molecule has 0 amide bonds. The quantitative estimate of drug-likeness (QED) is 0.574. The number of hydrogen-bond acceptors (Lipinski definition) is 5. The maximum absolute atomic E-state index is 12.1. The van der Waals surface area contributed by atoms with E-state index < -0.39 is 0 Å². The summed E-state index contributed by atoms with van der Waals surface area (Å²) in [5.74, 6) is 0. The molecule has 4 rings (SSSR count). The Morgan fingerprint density at radius 2 is 1.88 bits per heavy atom. The van der Waals surface area contributed by atoms with Crippen LogP contribution in [0.2, 0.25) is 0 Å². The summed E-state index contributed by atoms with van der Waals surface area (Å²) in [5, 5.41) is 4.36. The van der Waals surface area contributed by atoms with E-state index in [9.17, 15) is 9.59 Å². The van der Waals surface area contributed by atoms with Crippen LogP contribution in [0.1, 0.15) is 0 Å². The fourth-order valence-electron chi connectivity index (χ4n) is 2.46. The predicted molar refractivity (Wildman–Crippen MR) is 88.4 cm³/mol. The van der Waals surface area contributed by atoms with Crippen molar-refractivity contribution < 1.29 is 0 Å². The van der Waals surface area contributed by atoms with Crippen LogP contribution < -0.4 is 11.0 Å². The maximum atomic E-state index is 12.1. The monoisotopic (exact) mass is 320 g/mol. The number of aromatic nitrogens is 6. The van der Waals surface area contributed by atoms with Gasteiger partial charge < -0.3 is 9.97 Å². The van der Waals surface area contributed by atoms with Crippen LogP contribution in [-0.2, 0) is 7.05 Å². The van der Waals surface area contributed by atoms with Crippen LogP contribution in [0.25, 0.3) is 33.8 Å². The number of hydrogen-bond donors (Lipinski definition) is 2. The Labute approximate surface area is 134 Å². The van der Waals surface area contributed by atoms with Gasteiger partial charge in [-0.25, -0.2) is 9.97 Å². The van der Waals surface area contributed by atoms with Crippen molar-refractivity contribution in [2.75, 3.05) is 0 Å². The first kappa shape index (κ1) is 14.1. The van der Waals surface area contributed by atoms with Crippen molar-refractivity contribution in [3.8, 4) is 22.6 Å². The van der Waals surface area contributed by atoms with Crippen LogP contribution in [0, 0.1) is 0 Å². The minimum atomic E-state index is -0.227. The van der Waals surface area contributed by atoms with Crippen molar-refractivity contribution in [1.29, 1.82) is 0 Å². The molecule has 0 aliphatic rings. The average Bonchev–Trinajstić information content (AvgIpc) is 3.01. The van der Waals surface area contributed by atoms with Crippen molar-refractivity contribution in [3.63, 3.8) is 0 Å². The summed E-state index contributed by atoms with van der Waals surface area (Å²) in [6.07, 6.45) is 4.87. The number of H-pyrrole nitrogens is 2. The zero-order valence-corrected chi connectivity index (χ0v) is 12.6. The smallest absolute Gasteiger partial charge is 0.247 e. The molecule has 0 aliphatic heterocycles. The molecule has 0 saturated carbocycles. The van der Waals surface area contributed by atoms with E-state index in [-0.39, 0.29) is 16.5 Å². The highest BCUT2D eigenvalue weighted by molar-refractivity contribution is 5.83. The molecule has 24 heavy (non-hydrogen) atoms. The van der Waals surface area contributed by atoms with E-state index in [1.54, 1.807) is 30.2 Å². The molecule has 118 valence electrons. The Morgan fingerprint density at radius 1 is 1.00 bits per heavy atom. The fraction of sp³-hybridized carbons (Fsp3) is 0.0625. The highest BCUT2D eigenvalue weighted by Gasteiger charge is 2.16. The van der Waals surface area contributed by atoms with Crippen molar-refractivity contribution in [2.45, 2.75) is 0 Å². The number of fused-ring (bicyclic) bond motifs is 1. The first-order chi connectivity index (χ1) is 11.6. The lowest BCUT2D eigenvalue weighted by molar-refractivity contribution is 0.770. The van der Waals surface area contributed by atoms with Gasteiger partial charge in [0.2, 0.25) is 11.0 Å². The van der Waals surface area contributed by atoms with E-state index in [1.165, 1.54) is 18.3 Å². The molecule has 0 atom stereocenters. The standard InChI is InChI=1S/C16H12N6O2/c1-22-7-5-10(21-22)14-13(9-2-3-12(24)18-8-9)19-15-11(23)4-6-17-16(15)20-14/h2-8H,1H3,(H,18,24)(H,17,20,23). The molecule has 8 nitrogen and oxygen atoms in total. The highest BCUT2D eigenvalue weighted by Crippen LogP contribution is 2.27. The van der Waals surface area contributed by atoms with Crippen LogP contribution in [0.15, 0.2) is 52.4 Å². The van der Waals surface area contributed by atoms with Gasteiger partial charge in [0.15, 0.2) is 11.2 Å². The van der Waals surface area contributed by atoms with Crippen molar-refractivity contribution in [1.82, 2.24) is 29.7 Å². The number of aryl methyl sites for hydroxylation is 1. The third-order valence-electron chi connectivity index (χ3n) is 3.60. The second kappa shape index (κ2) is 5.27. The number of rotatable bonds is 2. The lowest BCUT2D eigenvalue weighted by Gasteiger charge is -2.07. The van der Waals surface area contributed by atoms with E-state index in [0.717, 1.165) is 0 Å². The van der Waals surface area contributed by atoms with Crippen LogP contribution in [0.4, 0.5) is 0 Å². The molecule has 4 heterocycles. The van der Waals surface area contributed by atoms with Crippen LogP contribution in [0.5, 0.6) is 0 Å². The minimum Gasteiger partial charge on any atom is -0.345 e. The predicted octanol–water partition coefficient (Wildman–Crippen LogP) is 1.07. The minimum absolute atomic E-state index is 0.218. The Hall–Kier alpha value is -3.55. The van der Waals surface area contributed by atoms with Gasteiger partial charge >= 0.3 is 0 Å². The fourth-order valence-corrected chi connectivity index (χ4v) is 2.46. The second-order valence-electron chi connectivity index (χ2n) is 5.28. The molecule has 0 unspecified atom stereocenters. The summed E-state index contributed by atoms with van der Waals surface area (Å²) in [5.41, 5.74) is 2.45. The topological polar surface area (TPSA) is 109 Å². The summed E-state index contributed by atoms with van der Waals surface area (Å²) < 4.78 is 1.66. The van der Waals surface area contributed by atoms with E-state index in [0.29, 0.717) is 28.3 Å². The molecular weight excluding hydrogens is 308 g/mol. The molecule has 0 fully saturated rings. The van der Waals surface area contributed by atoms with E-state index in [1.807, 2.05) is 6.07 Å². The number of nitrogens with zero attached hydrogens (tertiary/aromatic N) is 4. The number of pyridine rings is 2. The number of aromatic amines is 2. The SMILES string of the molecule is Cn1ccc(-c2nc3[nH]ccc(=O)c3nc2-c2ccc(=O)[nH]c2)n1. The molecule has 0 bridgehead atoms. The van der Waals surface area contributed by atoms with E-state index >= 15 is 0 Å². The normalized spacial score (nSPS) is 11.0. The molecule has 8 heteroatoms. The molecule has 0 aliphatic carbocycles. The molecule has 2 N–H and O–H groups in total. The van der Waals surface area contributed by atoms with Crippen LogP contribution in [0.3, 0.4) is 0 Å². The van der Waals surface area contributed by atoms with Crippen molar-refractivity contribution >= 4 is 11.2 Å². The van der Waals surface area contributed by atoms with Gasteiger partial charge in [0.25, 0.3) is 0 Å². The number of nitrogens with one attached hydrogen (secondary N) is 2. The van der Waals surface area contributed by atoms with Crippen LogP contribution in [-0.4, -0.2) is 29.7 Å². The molecular formula is C16H12N6O2. The third kappa shape index (κ3) is 2.30. The van der Waals surface area contributed by atoms with Gasteiger partial charge in [0.1, 0.15) is 17.1 Å². The van der Waals surface area contributed by atoms with E-state index in [4.69, 9.17) is 0 Å². The van der Waals surface area contributed by atoms with Gasteiger partial charge in [-0.2, -0.15) is 5.10 Å². The van der Waals surface area contributed by atoms with Gasteiger partial charge in [-0.3, -0.25) is 14.3 Å². The summed E-state index contributed by atoms with van der Waals surface area (Å²) in [6, 6.07) is 6.25. The summed E-state index contributed by atoms with van der Waals surface area (Å²) in [4.78, 5) is 37.9. The lowest BCUT2D eigenvalue weighted by atomic mass is 10.1. The molecule has 0 radical (unpaired) electrons. The lowest BCUT2D eigenvalue weighted by Crippen LogP contribution is -2.08. The molecule has 4 aromatic heterocycles. The zero-order chi connectivity index (χ0) is 16.7. The summed E-state index contributed by atoms with van der Waals surface area (Å²) in [6.45, 7) is 0. The largest absolute Gasteiger partial charge is 0.345 e. The molecule has 0 spiro atoms. The molecule has 4 aromatic rings. The Bertz CT molecular complexity index is 1150. The van der Waals surface area contributed by atoms with Crippen molar-refractivity contribution in [2.24, 2.45) is 7.05 Å². The van der Waals surface area contributed by atoms with Gasteiger partial charge in [0, 0.05) is 43.3 Å². The van der Waals surface area contributed by atoms with Gasteiger partial charge in [-0.1, -0.05) is 0 Å². The van der Waals surface area contributed by atoms with Gasteiger partial charge in [-0.05, 0) is 12.1 Å². The van der Waals surface area contributed by atoms with E-state index in [2.05, 4.69) is 25.0 Å². The molecule has 0 saturated heterocycles. The Kier molecular flexibility index (Phi) is 3.09. The maximum Gasteiger partial charge on any atom is 0.247 e. The van der Waals surface area contributed by atoms with Gasteiger partial charge in [-0.15, -0.1) is 0 Å². The van der Waals surface area contributed by atoms with Crippen molar-refractivity contribution in [3.05, 3.63) is 63.4 Å². The third-order valence-corrected chi connectivity index (χ3v) is 3.60. The first-order valence-electron chi connectivity index (χ1n) is 7.20. The highest BCUT2D eigenvalue weighted by atomic mass is 16.1. The Balaban J connectivity index is 2.08. The van der Waals surface area contributed by atoms with Gasteiger partial charge in [0.05, 0.1) is 0 Å². The second-order valence-corrected chi connectivity index (χ2v) is 5.28. The molecule has 0 aromatic carbocycles. The van der Waals surface area contributed by atoms with Crippen LogP contribution >= 0.6 is 0 Å². The summed E-state index contributed by atoms with van der Waals surface area (Å²) in [7, 11) is 1.81. The average molecular weight is 320 g/mol. The summed E-state index contributed by atoms with van der Waals surface area (Å²) >= 11 is 0.